The molecular formula is C14H14N4. The minimum Gasteiger partial charge on any atom is -0.383 e. The van der Waals surface area contributed by atoms with Crippen LogP contribution in [0.15, 0.2) is 43.0 Å². The first-order valence-corrected chi connectivity index (χ1v) is 5.66. The summed E-state index contributed by atoms with van der Waals surface area (Å²) in [5, 5.41) is 13.5. The monoisotopic (exact) mass is 238 g/mol. The minimum absolute atomic E-state index is 0.406. The smallest absolute Gasteiger partial charge is 0.140 e. The van der Waals surface area contributed by atoms with E-state index in [1.54, 1.807) is 10.8 Å². The molecule has 18 heavy (non-hydrogen) atoms. The van der Waals surface area contributed by atoms with Crippen molar-refractivity contribution in [3.63, 3.8) is 0 Å². The molecule has 0 aliphatic rings. The Bertz CT molecular complexity index is 590. The fourth-order valence-electron chi connectivity index (χ4n) is 1.82. The zero-order valence-electron chi connectivity index (χ0n) is 10.0. The highest BCUT2D eigenvalue weighted by Gasteiger charge is 2.14. The molecule has 0 atom stereocenters. The molecule has 0 saturated carbocycles. The van der Waals surface area contributed by atoms with Crippen molar-refractivity contribution in [2.45, 2.75) is 13.0 Å². The molecule has 0 radical (unpaired) electrons. The normalized spacial score (nSPS) is 9.94. The second-order valence-electron chi connectivity index (χ2n) is 3.95. The van der Waals surface area contributed by atoms with Gasteiger partial charge in [-0.05, 0) is 5.56 Å². The first-order valence-electron chi connectivity index (χ1n) is 5.66. The lowest BCUT2D eigenvalue weighted by molar-refractivity contribution is 0.699. The number of benzene rings is 1. The van der Waals surface area contributed by atoms with E-state index >= 15 is 0 Å². The van der Waals surface area contributed by atoms with E-state index in [2.05, 4.69) is 17.7 Å². The molecule has 0 amide bonds. The maximum absolute atomic E-state index is 9.15. The summed E-state index contributed by atoms with van der Waals surface area (Å²) < 4.78 is 1.60. The number of nitrogens with two attached hydrogens (primary N) is 1. The highest BCUT2D eigenvalue weighted by molar-refractivity contribution is 5.53. The van der Waals surface area contributed by atoms with Gasteiger partial charge in [-0.15, -0.1) is 6.58 Å². The van der Waals surface area contributed by atoms with Gasteiger partial charge in [0.25, 0.3) is 0 Å². The third-order valence-electron chi connectivity index (χ3n) is 2.69. The van der Waals surface area contributed by atoms with Gasteiger partial charge in [-0.2, -0.15) is 10.4 Å². The van der Waals surface area contributed by atoms with Crippen LogP contribution in [0.4, 0.5) is 5.82 Å². The van der Waals surface area contributed by atoms with Crippen LogP contribution in [-0.2, 0) is 13.0 Å². The molecule has 0 saturated heterocycles. The Kier molecular flexibility index (Phi) is 3.44. The van der Waals surface area contributed by atoms with Crippen molar-refractivity contribution in [2.75, 3.05) is 5.73 Å². The summed E-state index contributed by atoms with van der Waals surface area (Å²) in [6.07, 6.45) is 2.31. The number of rotatable bonds is 4. The van der Waals surface area contributed by atoms with Gasteiger partial charge in [-0.3, -0.25) is 0 Å². The topological polar surface area (TPSA) is 67.6 Å². The van der Waals surface area contributed by atoms with Crippen molar-refractivity contribution >= 4 is 5.82 Å². The molecule has 4 heteroatoms. The Labute approximate surface area is 106 Å². The molecule has 0 aliphatic heterocycles. The fourth-order valence-corrected chi connectivity index (χ4v) is 1.82. The first kappa shape index (κ1) is 11.9. The van der Waals surface area contributed by atoms with Gasteiger partial charge in [0, 0.05) is 6.42 Å². The quantitative estimate of drug-likeness (QED) is 0.829. The molecule has 1 aromatic carbocycles. The summed E-state index contributed by atoms with van der Waals surface area (Å²) in [4.78, 5) is 0. The molecule has 90 valence electrons. The van der Waals surface area contributed by atoms with Crippen LogP contribution in [-0.4, -0.2) is 9.78 Å². The SMILES string of the molecule is C=CCn1nc(Cc2ccccc2)c(C#N)c1N. The van der Waals surface area contributed by atoms with Gasteiger partial charge in [-0.25, -0.2) is 4.68 Å². The molecule has 0 unspecified atom stereocenters. The zero-order chi connectivity index (χ0) is 13.0. The zero-order valence-corrected chi connectivity index (χ0v) is 10.0. The van der Waals surface area contributed by atoms with E-state index in [1.165, 1.54) is 0 Å². The molecular weight excluding hydrogens is 224 g/mol. The van der Waals surface area contributed by atoms with Gasteiger partial charge in [0.1, 0.15) is 17.5 Å². The second-order valence-corrected chi connectivity index (χ2v) is 3.95. The van der Waals surface area contributed by atoms with Crippen molar-refractivity contribution in [1.82, 2.24) is 9.78 Å². The molecule has 0 fully saturated rings. The van der Waals surface area contributed by atoms with Gasteiger partial charge in [-0.1, -0.05) is 36.4 Å². The lowest BCUT2D eigenvalue weighted by Gasteiger charge is -1.98. The molecule has 1 aromatic heterocycles. The Morgan fingerprint density at radius 1 is 1.39 bits per heavy atom. The predicted molar refractivity (Wildman–Crippen MR) is 70.8 cm³/mol. The maximum Gasteiger partial charge on any atom is 0.140 e. The van der Waals surface area contributed by atoms with Gasteiger partial charge in [0.05, 0.1) is 12.2 Å². The second kappa shape index (κ2) is 5.19. The third kappa shape index (κ3) is 2.25. The molecule has 4 nitrogen and oxygen atoms in total. The number of hydrogen-bond donors (Lipinski definition) is 1. The van der Waals surface area contributed by atoms with Crippen LogP contribution in [0.5, 0.6) is 0 Å². The van der Waals surface area contributed by atoms with E-state index in [-0.39, 0.29) is 0 Å². The number of nitrogen functional groups attached to an aromatic ring is 1. The lowest BCUT2D eigenvalue weighted by atomic mass is 10.1. The van der Waals surface area contributed by atoms with Crippen LogP contribution in [0.2, 0.25) is 0 Å². The molecule has 1 heterocycles. The number of nitrogens with zero attached hydrogens (tertiary/aromatic N) is 3. The summed E-state index contributed by atoms with van der Waals surface area (Å²) in [6, 6.07) is 12.0. The third-order valence-corrected chi connectivity index (χ3v) is 2.69. The maximum atomic E-state index is 9.15. The van der Waals surface area contributed by atoms with Crippen molar-refractivity contribution < 1.29 is 0 Å². The number of allylic oxidation sites excluding steroid dienone is 1. The summed E-state index contributed by atoms with van der Waals surface area (Å²) >= 11 is 0. The highest BCUT2D eigenvalue weighted by Crippen LogP contribution is 2.19. The van der Waals surface area contributed by atoms with Crippen LogP contribution in [0.1, 0.15) is 16.8 Å². The number of anilines is 1. The number of nitriles is 1. The first-order chi connectivity index (χ1) is 8.76. The highest BCUT2D eigenvalue weighted by atomic mass is 15.3. The Morgan fingerprint density at radius 3 is 2.72 bits per heavy atom. The largest absolute Gasteiger partial charge is 0.383 e. The molecule has 2 rings (SSSR count). The summed E-state index contributed by atoms with van der Waals surface area (Å²) in [6.45, 7) is 4.16. The fraction of sp³-hybridized carbons (Fsp3) is 0.143. The average molecular weight is 238 g/mol. The minimum atomic E-state index is 0.406. The molecule has 0 spiro atoms. The van der Waals surface area contributed by atoms with Gasteiger partial charge >= 0.3 is 0 Å². The summed E-state index contributed by atoms with van der Waals surface area (Å²) in [5.41, 5.74) is 8.16. The van der Waals surface area contributed by atoms with E-state index in [9.17, 15) is 0 Å². The van der Waals surface area contributed by atoms with Crippen molar-refractivity contribution in [3.8, 4) is 6.07 Å². The van der Waals surface area contributed by atoms with Gasteiger partial charge in [0.2, 0.25) is 0 Å². The van der Waals surface area contributed by atoms with E-state index in [1.807, 2.05) is 30.3 Å². The molecule has 0 aliphatic carbocycles. The van der Waals surface area contributed by atoms with Crippen LogP contribution in [0.3, 0.4) is 0 Å². The van der Waals surface area contributed by atoms with E-state index in [0.717, 1.165) is 5.56 Å². The van der Waals surface area contributed by atoms with Gasteiger partial charge in [0.15, 0.2) is 0 Å². The van der Waals surface area contributed by atoms with E-state index in [0.29, 0.717) is 30.0 Å². The number of aromatic nitrogens is 2. The van der Waals surface area contributed by atoms with Crippen LogP contribution < -0.4 is 5.73 Å². The summed E-state index contributed by atoms with van der Waals surface area (Å²) in [7, 11) is 0. The van der Waals surface area contributed by atoms with Gasteiger partial charge < -0.3 is 5.73 Å². The summed E-state index contributed by atoms with van der Waals surface area (Å²) in [5.74, 6) is 0.406. The van der Waals surface area contributed by atoms with Crippen LogP contribution in [0.25, 0.3) is 0 Å². The Balaban J connectivity index is 2.36. The van der Waals surface area contributed by atoms with E-state index in [4.69, 9.17) is 11.0 Å². The average Bonchev–Trinajstić information content (AvgIpc) is 2.67. The van der Waals surface area contributed by atoms with Crippen LogP contribution in [0, 0.1) is 11.3 Å². The Morgan fingerprint density at radius 2 is 2.11 bits per heavy atom. The molecule has 0 bridgehead atoms. The standard InChI is InChI=1S/C14H14N4/c1-2-8-18-14(16)12(10-15)13(17-18)9-11-6-4-3-5-7-11/h2-7H,1,8-9,16H2. The Hall–Kier alpha value is -2.54. The predicted octanol–water partition coefficient (Wildman–Crippen LogP) is 2.11. The van der Waals surface area contributed by atoms with Crippen molar-refractivity contribution in [2.24, 2.45) is 0 Å². The lowest BCUT2D eigenvalue weighted by Crippen LogP contribution is -2.03. The van der Waals surface area contributed by atoms with Crippen molar-refractivity contribution in [1.29, 1.82) is 5.26 Å². The van der Waals surface area contributed by atoms with E-state index < -0.39 is 0 Å². The number of hydrogen-bond acceptors (Lipinski definition) is 3. The molecule has 2 N–H and O–H groups in total. The molecule has 2 aromatic rings. The van der Waals surface area contributed by atoms with Crippen molar-refractivity contribution in [3.05, 3.63) is 59.8 Å². The van der Waals surface area contributed by atoms with Crippen LogP contribution >= 0.6 is 0 Å².